The van der Waals surface area contributed by atoms with Gasteiger partial charge in [0, 0.05) is 0 Å². The van der Waals surface area contributed by atoms with Crippen molar-refractivity contribution in [2.45, 2.75) is 52.4 Å². The second-order valence-electron chi connectivity index (χ2n) is 6.90. The summed E-state index contributed by atoms with van der Waals surface area (Å²) in [7, 11) is 0. The van der Waals surface area contributed by atoms with Gasteiger partial charge in [0.25, 0.3) is 0 Å². The predicted molar refractivity (Wildman–Crippen MR) is 87.9 cm³/mol. The first-order valence-electron chi connectivity index (χ1n) is 8.50. The van der Waals surface area contributed by atoms with Crippen molar-refractivity contribution < 1.29 is 0 Å². The zero-order valence-electron chi connectivity index (χ0n) is 13.3. The van der Waals surface area contributed by atoms with Gasteiger partial charge in [0.05, 0.1) is 0 Å². The molecule has 1 aliphatic carbocycles. The number of rotatable bonds is 7. The van der Waals surface area contributed by atoms with Crippen LogP contribution in [0.1, 0.15) is 51.5 Å². The summed E-state index contributed by atoms with van der Waals surface area (Å²) in [5.41, 5.74) is 1.51. The molecule has 1 heteroatoms. The highest BCUT2D eigenvalue weighted by Gasteiger charge is 2.23. The summed E-state index contributed by atoms with van der Waals surface area (Å²) in [6.45, 7) is 6.93. The zero-order chi connectivity index (χ0) is 14.2. The van der Waals surface area contributed by atoms with Gasteiger partial charge >= 0.3 is 0 Å². The average Bonchev–Trinajstić information content (AvgIpc) is 2.48. The van der Waals surface area contributed by atoms with Crippen LogP contribution in [0.3, 0.4) is 0 Å². The van der Waals surface area contributed by atoms with Gasteiger partial charge in [-0.05, 0) is 42.8 Å². The molecule has 0 spiro atoms. The molecule has 1 fully saturated rings. The Bertz CT molecular complexity index is 351. The van der Waals surface area contributed by atoms with Crippen LogP contribution in [0.5, 0.6) is 0 Å². The first-order valence-corrected chi connectivity index (χ1v) is 8.50. The highest BCUT2D eigenvalue weighted by molar-refractivity contribution is 5.15. The summed E-state index contributed by atoms with van der Waals surface area (Å²) >= 11 is 0. The van der Waals surface area contributed by atoms with E-state index < -0.39 is 0 Å². The Balaban J connectivity index is 1.91. The standard InChI is InChI=1S/C19H31N/c1-16(2)14-20-15-19(18-11-7-4-8-12-18)13-17-9-5-3-6-10-17/h3,5-6,9-10,16,18-20H,4,7-8,11-15H2,1-2H3. The lowest BCUT2D eigenvalue weighted by atomic mass is 9.77. The van der Waals surface area contributed by atoms with Gasteiger partial charge in [-0.3, -0.25) is 0 Å². The van der Waals surface area contributed by atoms with Crippen molar-refractivity contribution in [3.05, 3.63) is 35.9 Å². The Morgan fingerprint density at radius 2 is 1.70 bits per heavy atom. The summed E-state index contributed by atoms with van der Waals surface area (Å²) < 4.78 is 0. The quantitative estimate of drug-likeness (QED) is 0.761. The largest absolute Gasteiger partial charge is 0.316 e. The van der Waals surface area contributed by atoms with Gasteiger partial charge in [0.1, 0.15) is 0 Å². The predicted octanol–water partition coefficient (Wildman–Crippen LogP) is 4.67. The molecule has 0 radical (unpaired) electrons. The van der Waals surface area contributed by atoms with Crippen LogP contribution in [0.15, 0.2) is 30.3 Å². The van der Waals surface area contributed by atoms with Crippen LogP contribution in [-0.2, 0) is 6.42 Å². The lowest BCUT2D eigenvalue weighted by Crippen LogP contribution is -2.32. The van der Waals surface area contributed by atoms with Gasteiger partial charge < -0.3 is 5.32 Å². The smallest absolute Gasteiger partial charge is 0.00146 e. The topological polar surface area (TPSA) is 12.0 Å². The minimum atomic E-state index is 0.749. The molecule has 1 N–H and O–H groups in total. The van der Waals surface area contributed by atoms with Crippen molar-refractivity contribution in [1.29, 1.82) is 0 Å². The Morgan fingerprint density at radius 3 is 2.35 bits per heavy atom. The van der Waals surface area contributed by atoms with Crippen LogP contribution in [0, 0.1) is 17.8 Å². The Hall–Kier alpha value is -0.820. The molecule has 0 bridgehead atoms. The second kappa shape index (κ2) is 8.46. The maximum Gasteiger partial charge on any atom is -0.00146 e. The number of hydrogen-bond donors (Lipinski definition) is 1. The number of benzene rings is 1. The van der Waals surface area contributed by atoms with Crippen molar-refractivity contribution in [1.82, 2.24) is 5.32 Å². The molecule has 0 saturated heterocycles. The lowest BCUT2D eigenvalue weighted by molar-refractivity contribution is 0.238. The van der Waals surface area contributed by atoms with Crippen molar-refractivity contribution >= 4 is 0 Å². The van der Waals surface area contributed by atoms with E-state index in [4.69, 9.17) is 0 Å². The molecule has 0 aromatic heterocycles. The molecule has 1 atom stereocenters. The fraction of sp³-hybridized carbons (Fsp3) is 0.684. The summed E-state index contributed by atoms with van der Waals surface area (Å²) in [5.74, 6) is 2.50. The molecule has 20 heavy (non-hydrogen) atoms. The van der Waals surface area contributed by atoms with E-state index in [9.17, 15) is 0 Å². The maximum absolute atomic E-state index is 3.70. The third-order valence-electron chi connectivity index (χ3n) is 4.62. The molecule has 112 valence electrons. The highest BCUT2D eigenvalue weighted by Crippen LogP contribution is 2.31. The van der Waals surface area contributed by atoms with E-state index in [0.717, 1.165) is 24.3 Å². The minimum Gasteiger partial charge on any atom is -0.316 e. The lowest BCUT2D eigenvalue weighted by Gasteiger charge is -2.31. The molecule has 0 heterocycles. The van der Waals surface area contributed by atoms with Crippen LogP contribution >= 0.6 is 0 Å². The molecular weight excluding hydrogens is 242 g/mol. The molecule has 1 aromatic rings. The van der Waals surface area contributed by atoms with Crippen molar-refractivity contribution in [3.8, 4) is 0 Å². The first-order chi connectivity index (χ1) is 9.75. The fourth-order valence-corrected chi connectivity index (χ4v) is 3.49. The van der Waals surface area contributed by atoms with Gasteiger partial charge in [0.15, 0.2) is 0 Å². The molecule has 1 saturated carbocycles. The average molecular weight is 273 g/mol. The van der Waals surface area contributed by atoms with Gasteiger partial charge in [-0.25, -0.2) is 0 Å². The monoisotopic (exact) mass is 273 g/mol. The van der Waals surface area contributed by atoms with E-state index in [1.54, 1.807) is 0 Å². The summed E-state index contributed by atoms with van der Waals surface area (Å²) in [6, 6.07) is 11.1. The third-order valence-corrected chi connectivity index (χ3v) is 4.62. The summed E-state index contributed by atoms with van der Waals surface area (Å²) in [4.78, 5) is 0. The molecule has 1 nitrogen and oxygen atoms in total. The minimum absolute atomic E-state index is 0.749. The molecule has 2 rings (SSSR count). The second-order valence-corrected chi connectivity index (χ2v) is 6.90. The Labute approximate surface area is 125 Å². The van der Waals surface area contributed by atoms with Crippen LogP contribution in [0.25, 0.3) is 0 Å². The normalized spacial score (nSPS) is 18.4. The summed E-state index contributed by atoms with van der Waals surface area (Å²) in [5, 5.41) is 3.70. The van der Waals surface area contributed by atoms with E-state index in [1.165, 1.54) is 50.6 Å². The third kappa shape index (κ3) is 5.28. The van der Waals surface area contributed by atoms with Crippen LogP contribution in [0.4, 0.5) is 0 Å². The van der Waals surface area contributed by atoms with Crippen LogP contribution in [-0.4, -0.2) is 13.1 Å². The van der Waals surface area contributed by atoms with E-state index >= 15 is 0 Å². The fourth-order valence-electron chi connectivity index (χ4n) is 3.49. The first kappa shape index (κ1) is 15.6. The van der Waals surface area contributed by atoms with E-state index in [2.05, 4.69) is 49.5 Å². The van der Waals surface area contributed by atoms with E-state index in [1.807, 2.05) is 0 Å². The summed E-state index contributed by atoms with van der Waals surface area (Å²) in [6.07, 6.45) is 8.48. The molecule has 1 aromatic carbocycles. The Kier molecular flexibility index (Phi) is 6.59. The van der Waals surface area contributed by atoms with E-state index in [-0.39, 0.29) is 0 Å². The van der Waals surface area contributed by atoms with Gasteiger partial charge in [-0.2, -0.15) is 0 Å². The molecule has 0 aliphatic heterocycles. The van der Waals surface area contributed by atoms with Gasteiger partial charge in [-0.15, -0.1) is 0 Å². The van der Waals surface area contributed by atoms with Crippen LogP contribution < -0.4 is 5.32 Å². The zero-order valence-corrected chi connectivity index (χ0v) is 13.3. The highest BCUT2D eigenvalue weighted by atomic mass is 14.9. The number of nitrogens with one attached hydrogen (secondary N) is 1. The maximum atomic E-state index is 3.70. The van der Waals surface area contributed by atoms with Gasteiger partial charge in [-0.1, -0.05) is 76.3 Å². The SMILES string of the molecule is CC(C)CNCC(Cc1ccccc1)C1CCCCC1. The molecular formula is C19H31N. The van der Waals surface area contributed by atoms with Crippen molar-refractivity contribution in [2.75, 3.05) is 13.1 Å². The van der Waals surface area contributed by atoms with Crippen molar-refractivity contribution in [3.63, 3.8) is 0 Å². The molecule has 1 unspecified atom stereocenters. The Morgan fingerprint density at radius 1 is 1.00 bits per heavy atom. The van der Waals surface area contributed by atoms with Crippen molar-refractivity contribution in [2.24, 2.45) is 17.8 Å². The van der Waals surface area contributed by atoms with Crippen LogP contribution in [0.2, 0.25) is 0 Å². The number of hydrogen-bond acceptors (Lipinski definition) is 1. The van der Waals surface area contributed by atoms with E-state index in [0.29, 0.717) is 0 Å². The molecule has 0 amide bonds. The molecule has 1 aliphatic rings. The van der Waals surface area contributed by atoms with Gasteiger partial charge in [0.2, 0.25) is 0 Å².